The van der Waals surface area contributed by atoms with Gasteiger partial charge in [-0.05, 0) is 38.2 Å². The minimum absolute atomic E-state index is 0.00746. The van der Waals surface area contributed by atoms with Crippen molar-refractivity contribution in [2.75, 3.05) is 13.2 Å². The first kappa shape index (κ1) is 22.7. The Bertz CT molecular complexity index is 351. The van der Waals surface area contributed by atoms with Gasteiger partial charge in [-0.3, -0.25) is 4.79 Å². The van der Waals surface area contributed by atoms with Gasteiger partial charge in [-0.2, -0.15) is 0 Å². The number of carbonyl (C=O) groups is 1. The molecule has 4 nitrogen and oxygen atoms in total. The van der Waals surface area contributed by atoms with E-state index in [1.54, 1.807) is 0 Å². The van der Waals surface area contributed by atoms with Crippen LogP contribution in [0.5, 0.6) is 0 Å². The van der Waals surface area contributed by atoms with Crippen LogP contribution in [0.3, 0.4) is 0 Å². The van der Waals surface area contributed by atoms with Crippen molar-refractivity contribution in [3.05, 3.63) is 24.0 Å². The van der Waals surface area contributed by atoms with Gasteiger partial charge in [0.2, 0.25) is 5.91 Å². The number of nitrogens with one attached hydrogen (secondary N) is 1. The summed E-state index contributed by atoms with van der Waals surface area (Å²) in [7, 11) is 0. The van der Waals surface area contributed by atoms with Crippen molar-refractivity contribution in [2.45, 2.75) is 84.0 Å². The quantitative estimate of drug-likeness (QED) is 0.215. The minimum atomic E-state index is 0.00746. The van der Waals surface area contributed by atoms with E-state index in [0.29, 0.717) is 18.7 Å². The second-order valence-electron chi connectivity index (χ2n) is 6.24. The van der Waals surface area contributed by atoms with E-state index in [1.807, 2.05) is 6.08 Å². The van der Waals surface area contributed by atoms with Gasteiger partial charge in [0.05, 0.1) is 12.4 Å². The molecule has 0 aliphatic carbocycles. The van der Waals surface area contributed by atoms with Crippen LogP contribution in [0.1, 0.15) is 84.0 Å². The third-order valence-corrected chi connectivity index (χ3v) is 3.90. The monoisotopic (exact) mass is 339 g/mol. The Hall–Kier alpha value is -1.29. The lowest BCUT2D eigenvalue weighted by Gasteiger charge is -2.03. The third kappa shape index (κ3) is 17.1. The van der Waals surface area contributed by atoms with E-state index in [-0.39, 0.29) is 12.5 Å². The summed E-state index contributed by atoms with van der Waals surface area (Å²) in [6.07, 6.45) is 18.5. The van der Waals surface area contributed by atoms with E-state index in [2.05, 4.69) is 24.4 Å². The smallest absolute Gasteiger partial charge is 0.220 e. The molecular weight excluding hydrogens is 302 g/mol. The summed E-state index contributed by atoms with van der Waals surface area (Å²) < 4.78 is 0. The van der Waals surface area contributed by atoms with Gasteiger partial charge in [0.25, 0.3) is 0 Å². The van der Waals surface area contributed by atoms with Crippen LogP contribution in [0.25, 0.3) is 0 Å². The van der Waals surface area contributed by atoms with Crippen LogP contribution in [0.4, 0.5) is 0 Å². The lowest BCUT2D eigenvalue weighted by atomic mass is 10.1. The largest absolute Gasteiger partial charge is 0.513 e. The van der Waals surface area contributed by atoms with Crippen molar-refractivity contribution in [2.24, 2.45) is 0 Å². The molecule has 0 atom stereocenters. The van der Waals surface area contributed by atoms with Crippen molar-refractivity contribution in [1.29, 1.82) is 0 Å². The number of aliphatic hydroxyl groups is 2. The molecular formula is C20H37NO3. The predicted octanol–water partition coefficient (Wildman–Crippen LogP) is 4.79. The Morgan fingerprint density at radius 3 is 2.42 bits per heavy atom. The molecule has 0 unspecified atom stereocenters. The average Bonchev–Trinajstić information content (AvgIpc) is 2.58. The highest BCUT2D eigenvalue weighted by molar-refractivity contribution is 5.75. The molecule has 0 aromatic carbocycles. The normalized spacial score (nSPS) is 12.0. The molecule has 0 rings (SSSR count). The zero-order valence-electron chi connectivity index (χ0n) is 15.4. The second kappa shape index (κ2) is 18.1. The van der Waals surface area contributed by atoms with Gasteiger partial charge in [-0.15, -0.1) is 0 Å². The maximum absolute atomic E-state index is 11.3. The van der Waals surface area contributed by atoms with Crippen LogP contribution < -0.4 is 5.32 Å². The number of rotatable bonds is 16. The van der Waals surface area contributed by atoms with Crippen molar-refractivity contribution in [3.8, 4) is 0 Å². The standard InChI is InChI=1S/C20H37NO3/c1-2-3-11-14-19(23)15-12-9-7-5-4-6-8-10-13-16-20(24)21-17-18-22/h7,9,15,22-23H,2-6,8,10-14,16-18H2,1H3,(H,21,24)/b9-7-,19-15-. The summed E-state index contributed by atoms with van der Waals surface area (Å²) >= 11 is 0. The Morgan fingerprint density at radius 2 is 1.67 bits per heavy atom. The number of carbonyl (C=O) groups excluding carboxylic acids is 1. The van der Waals surface area contributed by atoms with Gasteiger partial charge in [0.15, 0.2) is 0 Å². The van der Waals surface area contributed by atoms with E-state index in [1.165, 1.54) is 32.1 Å². The first-order chi connectivity index (χ1) is 11.7. The molecule has 0 aliphatic heterocycles. The van der Waals surface area contributed by atoms with Gasteiger partial charge in [-0.25, -0.2) is 0 Å². The number of aliphatic hydroxyl groups excluding tert-OH is 2. The molecule has 0 spiro atoms. The first-order valence-electron chi connectivity index (χ1n) is 9.61. The van der Waals surface area contributed by atoms with E-state index < -0.39 is 0 Å². The van der Waals surface area contributed by atoms with Gasteiger partial charge in [0, 0.05) is 19.4 Å². The van der Waals surface area contributed by atoms with Gasteiger partial charge in [-0.1, -0.05) is 51.2 Å². The number of hydrogen-bond donors (Lipinski definition) is 3. The minimum Gasteiger partial charge on any atom is -0.513 e. The zero-order chi connectivity index (χ0) is 17.9. The van der Waals surface area contributed by atoms with Gasteiger partial charge < -0.3 is 15.5 Å². The lowest BCUT2D eigenvalue weighted by molar-refractivity contribution is -0.121. The molecule has 0 bridgehead atoms. The summed E-state index contributed by atoms with van der Waals surface area (Å²) in [4.78, 5) is 11.3. The van der Waals surface area contributed by atoms with E-state index >= 15 is 0 Å². The Labute approximate surface area is 148 Å². The van der Waals surface area contributed by atoms with Crippen LogP contribution in [-0.4, -0.2) is 29.3 Å². The van der Waals surface area contributed by atoms with Crippen molar-refractivity contribution >= 4 is 5.91 Å². The van der Waals surface area contributed by atoms with E-state index in [4.69, 9.17) is 5.11 Å². The Morgan fingerprint density at radius 1 is 0.958 bits per heavy atom. The third-order valence-electron chi connectivity index (χ3n) is 3.90. The highest BCUT2D eigenvalue weighted by Crippen LogP contribution is 2.09. The number of allylic oxidation sites excluding steroid dienone is 4. The van der Waals surface area contributed by atoms with Crippen LogP contribution >= 0.6 is 0 Å². The molecule has 0 aromatic rings. The summed E-state index contributed by atoms with van der Waals surface area (Å²) in [5, 5.41) is 20.9. The van der Waals surface area contributed by atoms with Crippen LogP contribution in [0, 0.1) is 0 Å². The van der Waals surface area contributed by atoms with Gasteiger partial charge >= 0.3 is 0 Å². The molecule has 1 amide bonds. The topological polar surface area (TPSA) is 69.6 Å². The fraction of sp³-hybridized carbons (Fsp3) is 0.750. The fourth-order valence-corrected chi connectivity index (χ4v) is 2.44. The van der Waals surface area contributed by atoms with E-state index in [9.17, 15) is 9.90 Å². The maximum Gasteiger partial charge on any atom is 0.220 e. The summed E-state index contributed by atoms with van der Waals surface area (Å²) in [6.45, 7) is 2.53. The molecule has 3 N–H and O–H groups in total. The zero-order valence-corrected chi connectivity index (χ0v) is 15.4. The first-order valence-corrected chi connectivity index (χ1v) is 9.61. The Kier molecular flexibility index (Phi) is 17.1. The summed E-state index contributed by atoms with van der Waals surface area (Å²) in [5.41, 5.74) is 0. The van der Waals surface area contributed by atoms with Crippen LogP contribution in [-0.2, 0) is 4.79 Å². The van der Waals surface area contributed by atoms with Gasteiger partial charge in [0.1, 0.15) is 0 Å². The average molecular weight is 340 g/mol. The fourth-order valence-electron chi connectivity index (χ4n) is 2.44. The highest BCUT2D eigenvalue weighted by atomic mass is 16.3. The number of amides is 1. The second-order valence-corrected chi connectivity index (χ2v) is 6.24. The summed E-state index contributed by atoms with van der Waals surface area (Å²) in [6, 6.07) is 0. The van der Waals surface area contributed by atoms with Crippen molar-refractivity contribution in [3.63, 3.8) is 0 Å². The molecule has 0 heterocycles. The van der Waals surface area contributed by atoms with E-state index in [0.717, 1.165) is 38.5 Å². The van der Waals surface area contributed by atoms with Crippen LogP contribution in [0.2, 0.25) is 0 Å². The molecule has 0 saturated heterocycles. The molecule has 0 radical (unpaired) electrons. The molecule has 24 heavy (non-hydrogen) atoms. The predicted molar refractivity (Wildman–Crippen MR) is 101 cm³/mol. The Balaban J connectivity index is 3.37. The maximum atomic E-state index is 11.3. The molecule has 0 saturated carbocycles. The molecule has 0 aliphatic rings. The number of hydrogen-bond acceptors (Lipinski definition) is 3. The molecule has 140 valence electrons. The SMILES string of the molecule is CCCCC/C(O)=C/C/C=C\CCCCCCCC(=O)NCCO. The molecule has 4 heteroatoms. The lowest BCUT2D eigenvalue weighted by Crippen LogP contribution is -2.25. The number of unbranched alkanes of at least 4 members (excludes halogenated alkanes) is 7. The van der Waals surface area contributed by atoms with Crippen molar-refractivity contribution < 1.29 is 15.0 Å². The summed E-state index contributed by atoms with van der Waals surface area (Å²) in [5.74, 6) is 0.564. The molecule has 0 aromatic heterocycles. The highest BCUT2D eigenvalue weighted by Gasteiger charge is 1.99. The van der Waals surface area contributed by atoms with Crippen molar-refractivity contribution in [1.82, 2.24) is 5.32 Å². The van der Waals surface area contributed by atoms with Crippen LogP contribution in [0.15, 0.2) is 24.0 Å². The molecule has 0 fully saturated rings.